The first-order valence-corrected chi connectivity index (χ1v) is 8.66. The molecule has 0 radical (unpaired) electrons. The van der Waals surface area contributed by atoms with Crippen molar-refractivity contribution in [1.29, 1.82) is 0 Å². The van der Waals surface area contributed by atoms with Crippen LogP contribution in [0, 0.1) is 28.6 Å². The highest BCUT2D eigenvalue weighted by molar-refractivity contribution is 5.96. The van der Waals surface area contributed by atoms with Gasteiger partial charge in [0.25, 0.3) is 0 Å². The molecular weight excluding hydrogens is 276 g/mol. The zero-order chi connectivity index (χ0) is 15.7. The van der Waals surface area contributed by atoms with Crippen LogP contribution >= 0.6 is 0 Å². The standard InChI is InChI=1S/C19H24O3/c1-18-8-7-12(20)9-11(18)3-4-13-14-5-6-16(22)19(14,2)10-15(21)17(13)18/h9,13-14,17H,3-8,10H2,1-2H3/t13-,14-,17+,18+,19-/m1/s1. The molecule has 0 aromatic rings. The van der Waals surface area contributed by atoms with E-state index < -0.39 is 5.41 Å². The topological polar surface area (TPSA) is 51.2 Å². The van der Waals surface area contributed by atoms with Gasteiger partial charge in [0.15, 0.2) is 5.78 Å². The molecule has 3 fully saturated rings. The molecule has 4 aliphatic carbocycles. The highest BCUT2D eigenvalue weighted by Gasteiger charge is 2.62. The van der Waals surface area contributed by atoms with Gasteiger partial charge in [-0.3, -0.25) is 14.4 Å². The van der Waals surface area contributed by atoms with Crippen molar-refractivity contribution in [3.63, 3.8) is 0 Å². The molecule has 0 aromatic carbocycles. The molecule has 0 aliphatic heterocycles. The van der Waals surface area contributed by atoms with Gasteiger partial charge >= 0.3 is 0 Å². The summed E-state index contributed by atoms with van der Waals surface area (Å²) in [5.74, 6) is 1.54. The van der Waals surface area contributed by atoms with E-state index in [9.17, 15) is 14.4 Å². The van der Waals surface area contributed by atoms with E-state index in [0.29, 0.717) is 36.9 Å². The molecule has 0 N–H and O–H groups in total. The molecule has 5 atom stereocenters. The summed E-state index contributed by atoms with van der Waals surface area (Å²) in [5.41, 5.74) is 0.660. The van der Waals surface area contributed by atoms with E-state index in [2.05, 4.69) is 6.92 Å². The summed E-state index contributed by atoms with van der Waals surface area (Å²) in [4.78, 5) is 37.1. The molecule has 4 aliphatic rings. The van der Waals surface area contributed by atoms with Gasteiger partial charge in [-0.1, -0.05) is 19.4 Å². The first-order chi connectivity index (χ1) is 10.4. The normalized spacial score (nSPS) is 47.6. The summed E-state index contributed by atoms with van der Waals surface area (Å²) < 4.78 is 0. The Labute approximate surface area is 131 Å². The fraction of sp³-hybridized carbons (Fsp3) is 0.737. The maximum atomic E-state index is 13.0. The van der Waals surface area contributed by atoms with Crippen LogP contribution in [-0.2, 0) is 14.4 Å². The molecule has 0 heterocycles. The quantitative estimate of drug-likeness (QED) is 0.690. The largest absolute Gasteiger partial charge is 0.299 e. The molecule has 0 bridgehead atoms. The number of hydrogen-bond donors (Lipinski definition) is 0. The van der Waals surface area contributed by atoms with Crippen molar-refractivity contribution in [2.24, 2.45) is 28.6 Å². The Hall–Kier alpha value is -1.25. The zero-order valence-electron chi connectivity index (χ0n) is 13.5. The average molecular weight is 300 g/mol. The Kier molecular flexibility index (Phi) is 2.87. The Morgan fingerprint density at radius 3 is 2.55 bits per heavy atom. The minimum Gasteiger partial charge on any atom is -0.299 e. The lowest BCUT2D eigenvalue weighted by Crippen LogP contribution is -2.55. The SMILES string of the molecule is C[C@@]12CC(=O)[C@@H]3[C@H](CCC4=CC(=O)CC[C@@]43C)[C@H]1CCC2=O. The molecule has 0 unspecified atom stereocenters. The van der Waals surface area contributed by atoms with Gasteiger partial charge in [-0.15, -0.1) is 0 Å². The summed E-state index contributed by atoms with van der Waals surface area (Å²) in [6.07, 6.45) is 7.12. The van der Waals surface area contributed by atoms with Gasteiger partial charge in [-0.2, -0.15) is 0 Å². The number of carbonyl (C=O) groups is 3. The molecule has 0 spiro atoms. The van der Waals surface area contributed by atoms with E-state index in [0.717, 1.165) is 25.7 Å². The molecule has 0 aromatic heterocycles. The molecule has 4 rings (SSSR count). The van der Waals surface area contributed by atoms with E-state index in [1.54, 1.807) is 0 Å². The van der Waals surface area contributed by atoms with Crippen LogP contribution in [0.2, 0.25) is 0 Å². The monoisotopic (exact) mass is 300 g/mol. The number of hydrogen-bond acceptors (Lipinski definition) is 3. The van der Waals surface area contributed by atoms with Crippen molar-refractivity contribution in [2.75, 3.05) is 0 Å². The first kappa shape index (κ1) is 14.3. The van der Waals surface area contributed by atoms with Gasteiger partial charge in [0.1, 0.15) is 11.6 Å². The summed E-state index contributed by atoms with van der Waals surface area (Å²) in [6.45, 7) is 4.22. The number of carbonyl (C=O) groups excluding carboxylic acids is 3. The number of allylic oxidation sites excluding steroid dienone is 1. The van der Waals surface area contributed by atoms with Gasteiger partial charge in [-0.05, 0) is 49.0 Å². The molecule has 3 heteroatoms. The molecule has 0 amide bonds. The van der Waals surface area contributed by atoms with Crippen LogP contribution in [0.3, 0.4) is 0 Å². The Morgan fingerprint density at radius 1 is 1.00 bits per heavy atom. The molecule has 3 saturated carbocycles. The predicted molar refractivity (Wildman–Crippen MR) is 82.1 cm³/mol. The maximum Gasteiger partial charge on any atom is 0.155 e. The summed E-state index contributed by atoms with van der Waals surface area (Å²) in [5, 5.41) is 0. The van der Waals surface area contributed by atoms with E-state index in [4.69, 9.17) is 0 Å². The van der Waals surface area contributed by atoms with E-state index >= 15 is 0 Å². The van der Waals surface area contributed by atoms with Gasteiger partial charge < -0.3 is 0 Å². The van der Waals surface area contributed by atoms with Crippen LogP contribution < -0.4 is 0 Å². The Balaban J connectivity index is 1.77. The molecule has 3 nitrogen and oxygen atoms in total. The Bertz CT molecular complexity index is 616. The zero-order valence-corrected chi connectivity index (χ0v) is 13.5. The lowest BCUT2D eigenvalue weighted by Gasteiger charge is -2.55. The van der Waals surface area contributed by atoms with Crippen molar-refractivity contribution in [3.8, 4) is 0 Å². The second kappa shape index (κ2) is 4.39. The predicted octanol–water partition coefficient (Wildman–Crippen LogP) is 3.27. The molecular formula is C19H24O3. The van der Waals surface area contributed by atoms with Crippen molar-refractivity contribution in [2.45, 2.75) is 58.8 Å². The third-order valence-corrected chi connectivity index (χ3v) is 7.36. The second-order valence-electron chi connectivity index (χ2n) is 8.36. The molecule has 0 saturated heterocycles. The van der Waals surface area contributed by atoms with Crippen molar-refractivity contribution >= 4 is 17.3 Å². The van der Waals surface area contributed by atoms with E-state index in [1.165, 1.54) is 5.57 Å². The van der Waals surface area contributed by atoms with Crippen LogP contribution in [-0.4, -0.2) is 17.3 Å². The minimum absolute atomic E-state index is 0.0320. The van der Waals surface area contributed by atoms with E-state index in [-0.39, 0.29) is 22.9 Å². The summed E-state index contributed by atoms with van der Waals surface area (Å²) >= 11 is 0. The van der Waals surface area contributed by atoms with Crippen LogP contribution in [0.25, 0.3) is 0 Å². The first-order valence-electron chi connectivity index (χ1n) is 8.66. The average Bonchev–Trinajstić information content (AvgIpc) is 2.75. The molecule has 22 heavy (non-hydrogen) atoms. The number of fused-ring (bicyclic) bond motifs is 5. The number of Topliss-reactive ketones (excluding diaryl/α,β-unsaturated/α-hetero) is 2. The van der Waals surface area contributed by atoms with Crippen molar-refractivity contribution < 1.29 is 14.4 Å². The minimum atomic E-state index is -0.402. The Morgan fingerprint density at radius 2 is 1.77 bits per heavy atom. The molecule has 118 valence electrons. The smallest absolute Gasteiger partial charge is 0.155 e. The van der Waals surface area contributed by atoms with Crippen LogP contribution in [0.15, 0.2) is 11.6 Å². The highest BCUT2D eigenvalue weighted by atomic mass is 16.1. The maximum absolute atomic E-state index is 13.0. The fourth-order valence-corrected chi connectivity index (χ4v) is 6.16. The highest BCUT2D eigenvalue weighted by Crippen LogP contribution is 2.63. The van der Waals surface area contributed by atoms with E-state index in [1.807, 2.05) is 13.0 Å². The van der Waals surface area contributed by atoms with Gasteiger partial charge in [-0.25, -0.2) is 0 Å². The lowest BCUT2D eigenvalue weighted by molar-refractivity contribution is -0.149. The van der Waals surface area contributed by atoms with Crippen LogP contribution in [0.1, 0.15) is 58.8 Å². The van der Waals surface area contributed by atoms with Gasteiger partial charge in [0.2, 0.25) is 0 Å². The van der Waals surface area contributed by atoms with Gasteiger partial charge in [0, 0.05) is 30.6 Å². The summed E-state index contributed by atoms with van der Waals surface area (Å²) in [7, 11) is 0. The third-order valence-electron chi connectivity index (χ3n) is 7.36. The second-order valence-corrected chi connectivity index (χ2v) is 8.36. The summed E-state index contributed by atoms with van der Waals surface area (Å²) in [6, 6.07) is 0. The van der Waals surface area contributed by atoms with Crippen molar-refractivity contribution in [3.05, 3.63) is 11.6 Å². The van der Waals surface area contributed by atoms with Crippen molar-refractivity contribution in [1.82, 2.24) is 0 Å². The van der Waals surface area contributed by atoms with Crippen LogP contribution in [0.4, 0.5) is 0 Å². The fourth-order valence-electron chi connectivity index (χ4n) is 6.16. The van der Waals surface area contributed by atoms with Gasteiger partial charge in [0.05, 0.1) is 0 Å². The van der Waals surface area contributed by atoms with Crippen LogP contribution in [0.5, 0.6) is 0 Å². The third kappa shape index (κ3) is 1.65. The number of ketones is 3. The lowest BCUT2D eigenvalue weighted by atomic mass is 9.47. The number of rotatable bonds is 0.